The molecular weight excluding hydrogens is 767 g/mol. The molecule has 8 aromatic carbocycles. The van der Waals surface area contributed by atoms with E-state index in [1.165, 1.54) is 33.4 Å². The minimum atomic E-state index is -0.603. The molecule has 2 aliphatic carbocycles. The molecule has 5 nitrogen and oxygen atoms in total. The van der Waals surface area contributed by atoms with Crippen molar-refractivity contribution in [1.82, 2.24) is 19.9 Å². The molecule has 12 rings (SSSR count). The second-order valence-corrected chi connectivity index (χ2v) is 16.1. The third-order valence-corrected chi connectivity index (χ3v) is 12.7. The van der Waals surface area contributed by atoms with Crippen LogP contribution in [0.2, 0.25) is 0 Å². The largest absolute Gasteiger partial charge is 0.264 e. The summed E-state index contributed by atoms with van der Waals surface area (Å²) in [6.07, 6.45) is 3.70. The summed E-state index contributed by atoms with van der Waals surface area (Å²) in [5, 5.41) is 10.2. The fourth-order valence-electron chi connectivity index (χ4n) is 9.80. The van der Waals surface area contributed by atoms with Gasteiger partial charge in [0, 0.05) is 34.6 Å². The van der Waals surface area contributed by atoms with Crippen molar-refractivity contribution >= 4 is 0 Å². The maximum Gasteiger partial charge on any atom is 0.164 e. The zero-order valence-corrected chi connectivity index (χ0v) is 33.9. The molecule has 0 radical (unpaired) electrons. The Morgan fingerprint density at radius 3 is 1.43 bits per heavy atom. The molecule has 0 saturated carbocycles. The lowest BCUT2D eigenvalue weighted by Gasteiger charge is -2.30. The van der Waals surface area contributed by atoms with Crippen molar-refractivity contribution in [2.75, 3.05) is 0 Å². The Morgan fingerprint density at radius 2 is 0.794 bits per heavy atom. The molecule has 10 aromatic rings. The molecule has 0 fully saturated rings. The first kappa shape index (κ1) is 36.3. The third-order valence-electron chi connectivity index (χ3n) is 12.7. The SMILES string of the molecule is N#Cc1ccc2c(c1)C1(c3ccccc3-c3ccccc31)c1cc(-c3cc(-c4cccnc4)cc(-c4nc(-c5ccccc5)nc(-c5ccc(-c6ccccc6)cc5)n4)c3)ccc1-2. The van der Waals surface area contributed by atoms with Gasteiger partial charge in [-0.15, -0.1) is 0 Å². The Kier molecular flexibility index (Phi) is 8.38. The van der Waals surface area contributed by atoms with Gasteiger partial charge in [-0.25, -0.2) is 15.0 Å². The molecule has 0 aliphatic heterocycles. The van der Waals surface area contributed by atoms with E-state index in [0.29, 0.717) is 23.0 Å². The van der Waals surface area contributed by atoms with Crippen molar-refractivity contribution < 1.29 is 0 Å². The molecule has 0 unspecified atom stereocenters. The van der Waals surface area contributed by atoms with Gasteiger partial charge in [-0.1, -0.05) is 158 Å². The number of pyridine rings is 1. The monoisotopic (exact) mass is 801 g/mol. The first-order chi connectivity index (χ1) is 31.2. The Balaban J connectivity index is 1.07. The topological polar surface area (TPSA) is 75.3 Å². The van der Waals surface area contributed by atoms with Gasteiger partial charge in [0.25, 0.3) is 0 Å². The van der Waals surface area contributed by atoms with E-state index in [4.69, 9.17) is 15.0 Å². The van der Waals surface area contributed by atoms with Crippen molar-refractivity contribution in [2.24, 2.45) is 0 Å². The lowest BCUT2D eigenvalue weighted by Crippen LogP contribution is -2.26. The van der Waals surface area contributed by atoms with E-state index in [-0.39, 0.29) is 0 Å². The fraction of sp³-hybridized carbons (Fsp3) is 0.0172. The maximum atomic E-state index is 10.2. The van der Waals surface area contributed by atoms with Crippen LogP contribution in [0.5, 0.6) is 0 Å². The van der Waals surface area contributed by atoms with Crippen molar-refractivity contribution in [3.05, 3.63) is 240 Å². The van der Waals surface area contributed by atoms with E-state index in [1.807, 2.05) is 54.7 Å². The number of benzene rings is 8. The van der Waals surface area contributed by atoms with Gasteiger partial charge in [0.1, 0.15) is 0 Å². The molecule has 0 N–H and O–H groups in total. The van der Waals surface area contributed by atoms with Gasteiger partial charge in [-0.05, 0) is 115 Å². The summed E-state index contributed by atoms with van der Waals surface area (Å²) in [6.45, 7) is 0. The van der Waals surface area contributed by atoms with Gasteiger partial charge in [-0.2, -0.15) is 5.26 Å². The first-order valence-electron chi connectivity index (χ1n) is 21.1. The number of fused-ring (bicyclic) bond motifs is 10. The second kappa shape index (κ2) is 14.6. The Hall–Kier alpha value is -8.59. The lowest BCUT2D eigenvalue weighted by atomic mass is 9.70. The molecule has 292 valence electrons. The standard InChI is InChI=1S/C58H35N5/c59-35-37-21-27-49-50-28-26-42(34-54(50)58(53(49)30-37)51-19-9-7-17-47(51)48-18-8-10-20-52(48)58)44-31-45(43-16-11-29-60-36-43)33-46(32-44)57-62-55(40-14-5-2-6-15-40)61-56(63-57)41-24-22-39(23-25-41)38-12-3-1-4-13-38/h1-34,36H. The number of nitriles is 1. The van der Waals surface area contributed by atoms with Crippen LogP contribution in [0.3, 0.4) is 0 Å². The number of nitrogens with zero attached hydrogens (tertiary/aromatic N) is 5. The van der Waals surface area contributed by atoms with Gasteiger partial charge in [0.15, 0.2) is 17.5 Å². The highest BCUT2D eigenvalue weighted by atomic mass is 15.0. The van der Waals surface area contributed by atoms with Crippen LogP contribution in [0.25, 0.3) is 89.8 Å². The molecule has 2 heterocycles. The summed E-state index contributed by atoms with van der Waals surface area (Å²) in [4.78, 5) is 20.0. The van der Waals surface area contributed by atoms with Gasteiger partial charge < -0.3 is 0 Å². The minimum absolute atomic E-state index is 0.575. The Morgan fingerprint density at radius 1 is 0.333 bits per heavy atom. The summed E-state index contributed by atoms with van der Waals surface area (Å²) in [5.74, 6) is 1.77. The molecule has 2 aliphatic rings. The highest BCUT2D eigenvalue weighted by molar-refractivity contribution is 5.96. The smallest absolute Gasteiger partial charge is 0.164 e. The minimum Gasteiger partial charge on any atom is -0.264 e. The van der Waals surface area contributed by atoms with Crippen LogP contribution in [-0.4, -0.2) is 19.9 Å². The van der Waals surface area contributed by atoms with Gasteiger partial charge >= 0.3 is 0 Å². The molecule has 0 atom stereocenters. The normalized spacial score (nSPS) is 12.6. The van der Waals surface area contributed by atoms with Crippen molar-refractivity contribution in [3.8, 4) is 95.9 Å². The summed E-state index contributed by atoms with van der Waals surface area (Å²) in [6, 6.07) is 72.5. The summed E-state index contributed by atoms with van der Waals surface area (Å²) in [7, 11) is 0. The molecule has 5 heteroatoms. The Bertz CT molecular complexity index is 3400. The second-order valence-electron chi connectivity index (χ2n) is 16.1. The molecule has 0 bridgehead atoms. The zero-order valence-electron chi connectivity index (χ0n) is 33.9. The van der Waals surface area contributed by atoms with Crippen LogP contribution in [0, 0.1) is 11.3 Å². The van der Waals surface area contributed by atoms with Crippen LogP contribution in [0.4, 0.5) is 0 Å². The Labute approximate surface area is 365 Å². The average molecular weight is 802 g/mol. The predicted molar refractivity (Wildman–Crippen MR) is 251 cm³/mol. The molecule has 2 aromatic heterocycles. The van der Waals surface area contributed by atoms with E-state index in [9.17, 15) is 5.26 Å². The number of aromatic nitrogens is 4. The van der Waals surface area contributed by atoms with Crippen LogP contribution in [-0.2, 0) is 5.41 Å². The summed E-state index contributed by atoms with van der Waals surface area (Å²) >= 11 is 0. The predicted octanol–water partition coefficient (Wildman–Crippen LogP) is 13.5. The lowest BCUT2D eigenvalue weighted by molar-refractivity contribution is 0.793. The highest BCUT2D eigenvalue weighted by Gasteiger charge is 2.51. The van der Waals surface area contributed by atoms with E-state index < -0.39 is 5.41 Å². The molecule has 0 amide bonds. The number of hydrogen-bond donors (Lipinski definition) is 0. The quantitative estimate of drug-likeness (QED) is 0.167. The molecule has 63 heavy (non-hydrogen) atoms. The van der Waals surface area contributed by atoms with Crippen molar-refractivity contribution in [1.29, 1.82) is 5.26 Å². The van der Waals surface area contributed by atoms with Gasteiger partial charge in [0.05, 0.1) is 17.0 Å². The molecule has 1 spiro atoms. The van der Waals surface area contributed by atoms with Gasteiger partial charge in [0.2, 0.25) is 0 Å². The fourth-order valence-corrected chi connectivity index (χ4v) is 9.80. The highest BCUT2D eigenvalue weighted by Crippen LogP contribution is 2.63. The first-order valence-corrected chi connectivity index (χ1v) is 21.1. The average Bonchev–Trinajstić information content (AvgIpc) is 3.83. The van der Waals surface area contributed by atoms with E-state index in [2.05, 4.69) is 163 Å². The number of rotatable bonds is 6. The molecule has 0 saturated heterocycles. The van der Waals surface area contributed by atoms with Crippen LogP contribution >= 0.6 is 0 Å². The third kappa shape index (κ3) is 5.84. The summed E-state index contributed by atoms with van der Waals surface area (Å²) in [5.41, 5.74) is 18.6. The van der Waals surface area contributed by atoms with Crippen LogP contribution < -0.4 is 0 Å². The molecular formula is C58H35N5. The van der Waals surface area contributed by atoms with Crippen molar-refractivity contribution in [2.45, 2.75) is 5.41 Å². The van der Waals surface area contributed by atoms with Crippen LogP contribution in [0.15, 0.2) is 213 Å². The summed E-state index contributed by atoms with van der Waals surface area (Å²) < 4.78 is 0. The van der Waals surface area contributed by atoms with E-state index in [1.54, 1.807) is 6.20 Å². The van der Waals surface area contributed by atoms with E-state index in [0.717, 1.165) is 61.2 Å². The van der Waals surface area contributed by atoms with E-state index >= 15 is 0 Å². The van der Waals surface area contributed by atoms with Gasteiger partial charge in [-0.3, -0.25) is 4.98 Å². The number of hydrogen-bond acceptors (Lipinski definition) is 5. The van der Waals surface area contributed by atoms with Crippen molar-refractivity contribution in [3.63, 3.8) is 0 Å². The maximum absolute atomic E-state index is 10.2. The van der Waals surface area contributed by atoms with Crippen LogP contribution in [0.1, 0.15) is 27.8 Å². The zero-order chi connectivity index (χ0) is 41.9.